The van der Waals surface area contributed by atoms with Crippen LogP contribution >= 0.6 is 0 Å². The molecule has 1 aliphatic rings. The third kappa shape index (κ3) is 2.66. The van der Waals surface area contributed by atoms with Gasteiger partial charge in [-0.2, -0.15) is 0 Å². The summed E-state index contributed by atoms with van der Waals surface area (Å²) in [6.07, 6.45) is 1.52. The van der Waals surface area contributed by atoms with E-state index in [2.05, 4.69) is 0 Å². The molecule has 0 spiro atoms. The Labute approximate surface area is 113 Å². The van der Waals surface area contributed by atoms with Gasteiger partial charge in [-0.1, -0.05) is 25.5 Å². The summed E-state index contributed by atoms with van der Waals surface area (Å²) in [6.45, 7) is 4.01. The number of hydrogen-bond donors (Lipinski definition) is 0. The van der Waals surface area contributed by atoms with Crippen molar-refractivity contribution in [2.45, 2.75) is 36.8 Å². The maximum absolute atomic E-state index is 12.6. The van der Waals surface area contributed by atoms with Gasteiger partial charge < -0.3 is 4.74 Å². The van der Waals surface area contributed by atoms with Gasteiger partial charge >= 0.3 is 5.97 Å². The topological polar surface area (TPSA) is 60.4 Å². The summed E-state index contributed by atoms with van der Waals surface area (Å²) in [6, 6.07) is 6.66. The predicted octanol–water partition coefficient (Wildman–Crippen LogP) is 2.11. The molecule has 1 aliphatic heterocycles. The minimum atomic E-state index is -3.66. The van der Waals surface area contributed by atoms with Gasteiger partial charge in [-0.25, -0.2) is 8.42 Å². The zero-order chi connectivity index (χ0) is 14.0. The van der Waals surface area contributed by atoms with Gasteiger partial charge in [-0.15, -0.1) is 0 Å². The first-order chi connectivity index (χ1) is 8.96. The van der Waals surface area contributed by atoms with Gasteiger partial charge in [0.15, 0.2) is 15.1 Å². The summed E-state index contributed by atoms with van der Waals surface area (Å²) in [7, 11) is -3.66. The third-order valence-corrected chi connectivity index (χ3v) is 5.57. The first kappa shape index (κ1) is 14.1. The fraction of sp³-hybridized carbons (Fsp3) is 0.500. The van der Waals surface area contributed by atoms with Crippen LogP contribution in [-0.2, 0) is 19.4 Å². The molecule has 0 aliphatic carbocycles. The average Bonchev–Trinajstić information content (AvgIpc) is 2.71. The number of sulfone groups is 1. The molecule has 1 saturated heterocycles. The zero-order valence-electron chi connectivity index (χ0n) is 11.1. The molecule has 5 heteroatoms. The lowest BCUT2D eigenvalue weighted by atomic mass is 10.0. The summed E-state index contributed by atoms with van der Waals surface area (Å²) in [5.74, 6) is -0.844. The highest BCUT2D eigenvalue weighted by molar-refractivity contribution is 7.92. The molecular weight excluding hydrogens is 264 g/mol. The molecular formula is C14H18O4S. The van der Waals surface area contributed by atoms with Crippen molar-refractivity contribution in [2.24, 2.45) is 5.92 Å². The molecule has 1 heterocycles. The lowest BCUT2D eigenvalue weighted by molar-refractivity contribution is -0.137. The van der Waals surface area contributed by atoms with Crippen LogP contribution in [0.25, 0.3) is 0 Å². The van der Waals surface area contributed by atoms with Crippen molar-refractivity contribution in [2.75, 3.05) is 6.61 Å². The number of cyclic esters (lactones) is 1. The minimum absolute atomic E-state index is 0.206. The molecule has 1 aromatic carbocycles. The normalized spacial score (nSPS) is 23.4. The second-order valence-corrected chi connectivity index (χ2v) is 7.03. The monoisotopic (exact) mass is 282 g/mol. The molecule has 0 radical (unpaired) electrons. The molecule has 0 bridgehead atoms. The average molecular weight is 282 g/mol. The Hall–Kier alpha value is -1.36. The first-order valence-corrected chi connectivity index (χ1v) is 7.98. The highest BCUT2D eigenvalue weighted by Crippen LogP contribution is 2.30. The van der Waals surface area contributed by atoms with E-state index in [1.165, 1.54) is 6.07 Å². The van der Waals surface area contributed by atoms with Gasteiger partial charge in [-0.3, -0.25) is 4.79 Å². The zero-order valence-corrected chi connectivity index (χ0v) is 11.9. The maximum atomic E-state index is 12.6. The van der Waals surface area contributed by atoms with E-state index in [0.29, 0.717) is 6.42 Å². The number of carbonyl (C=O) groups excluding carboxylic acids is 1. The summed E-state index contributed by atoms with van der Waals surface area (Å²) >= 11 is 0. The van der Waals surface area contributed by atoms with Crippen molar-refractivity contribution in [1.29, 1.82) is 0 Å². The van der Waals surface area contributed by atoms with Gasteiger partial charge in [-0.05, 0) is 31.0 Å². The highest BCUT2D eigenvalue weighted by atomic mass is 32.2. The molecule has 104 valence electrons. The van der Waals surface area contributed by atoms with Gasteiger partial charge in [0.2, 0.25) is 0 Å². The van der Waals surface area contributed by atoms with E-state index in [0.717, 1.165) is 12.0 Å². The van der Waals surface area contributed by atoms with Crippen LogP contribution in [0.2, 0.25) is 0 Å². The Balaban J connectivity index is 2.40. The number of ether oxygens (including phenoxy) is 1. The van der Waals surface area contributed by atoms with E-state index in [1.54, 1.807) is 12.1 Å². The molecule has 1 unspecified atom stereocenters. The molecule has 0 amide bonds. The van der Waals surface area contributed by atoms with E-state index >= 15 is 0 Å². The van der Waals surface area contributed by atoms with Crippen LogP contribution in [0.4, 0.5) is 0 Å². The van der Waals surface area contributed by atoms with E-state index in [4.69, 9.17) is 4.74 Å². The molecule has 4 nitrogen and oxygen atoms in total. The summed E-state index contributed by atoms with van der Waals surface area (Å²) in [5, 5.41) is -1.05. The lowest BCUT2D eigenvalue weighted by Gasteiger charge is -2.15. The first-order valence-electron chi connectivity index (χ1n) is 6.44. The Morgan fingerprint density at radius 3 is 2.74 bits per heavy atom. The van der Waals surface area contributed by atoms with Gasteiger partial charge in [0.05, 0.1) is 11.5 Å². The Morgan fingerprint density at radius 2 is 2.11 bits per heavy atom. The smallest absolute Gasteiger partial charge is 0.325 e. The third-order valence-electron chi connectivity index (χ3n) is 3.41. The number of esters is 1. The second kappa shape index (κ2) is 5.33. The van der Waals surface area contributed by atoms with Crippen molar-refractivity contribution in [1.82, 2.24) is 0 Å². The highest BCUT2D eigenvalue weighted by Gasteiger charge is 2.46. The van der Waals surface area contributed by atoms with Crippen LogP contribution in [0.15, 0.2) is 29.2 Å². The number of aryl methyl sites for hydroxylation is 1. The molecule has 2 atom stereocenters. The fourth-order valence-corrected chi connectivity index (χ4v) is 4.43. The van der Waals surface area contributed by atoms with Crippen molar-refractivity contribution < 1.29 is 17.9 Å². The maximum Gasteiger partial charge on any atom is 0.325 e. The molecule has 1 aromatic rings. The van der Waals surface area contributed by atoms with Crippen molar-refractivity contribution in [3.63, 3.8) is 0 Å². The van der Waals surface area contributed by atoms with E-state index in [9.17, 15) is 13.2 Å². The largest absolute Gasteiger partial charge is 0.464 e. The van der Waals surface area contributed by atoms with E-state index < -0.39 is 21.1 Å². The predicted molar refractivity (Wildman–Crippen MR) is 71.5 cm³/mol. The Bertz CT molecular complexity index is 577. The quantitative estimate of drug-likeness (QED) is 0.794. The number of benzene rings is 1. The van der Waals surface area contributed by atoms with Crippen LogP contribution in [0.3, 0.4) is 0 Å². The molecule has 1 fully saturated rings. The molecule has 2 rings (SSSR count). The standard InChI is InChI=1S/C14H18O4S/c1-3-5-11-9-18-14(15)13(11)19(16,17)12-7-4-6-10(2)8-12/h4,6-8,11,13H,3,5,9H2,1-2H3/t11-,13?/m0/s1. The van der Waals surface area contributed by atoms with Crippen molar-refractivity contribution >= 4 is 15.8 Å². The number of carbonyl (C=O) groups is 1. The Kier molecular flexibility index (Phi) is 3.94. The Morgan fingerprint density at radius 1 is 1.37 bits per heavy atom. The van der Waals surface area contributed by atoms with Crippen LogP contribution in [0.5, 0.6) is 0 Å². The van der Waals surface area contributed by atoms with Crippen LogP contribution < -0.4 is 0 Å². The fourth-order valence-electron chi connectivity index (χ4n) is 2.48. The summed E-state index contributed by atoms with van der Waals surface area (Å²) in [5.41, 5.74) is 0.861. The molecule has 0 aromatic heterocycles. The van der Waals surface area contributed by atoms with Gasteiger partial charge in [0.1, 0.15) is 0 Å². The van der Waals surface area contributed by atoms with Crippen molar-refractivity contribution in [3.05, 3.63) is 29.8 Å². The van der Waals surface area contributed by atoms with Gasteiger partial charge in [0.25, 0.3) is 0 Å². The van der Waals surface area contributed by atoms with Crippen molar-refractivity contribution in [3.8, 4) is 0 Å². The van der Waals surface area contributed by atoms with E-state index in [1.807, 2.05) is 19.9 Å². The molecule has 19 heavy (non-hydrogen) atoms. The summed E-state index contributed by atoms with van der Waals surface area (Å²) in [4.78, 5) is 12.0. The van der Waals surface area contributed by atoms with Crippen LogP contribution in [0.1, 0.15) is 25.3 Å². The van der Waals surface area contributed by atoms with Gasteiger partial charge in [0, 0.05) is 5.92 Å². The number of rotatable bonds is 4. The number of hydrogen-bond acceptors (Lipinski definition) is 4. The van der Waals surface area contributed by atoms with Crippen LogP contribution in [-0.4, -0.2) is 26.2 Å². The molecule has 0 N–H and O–H groups in total. The summed E-state index contributed by atoms with van der Waals surface area (Å²) < 4.78 is 30.1. The molecule has 0 saturated carbocycles. The lowest BCUT2D eigenvalue weighted by Crippen LogP contribution is -2.32. The SMILES string of the molecule is CCC[C@H]1COC(=O)C1S(=O)(=O)c1cccc(C)c1. The second-order valence-electron chi connectivity index (χ2n) is 4.96. The minimum Gasteiger partial charge on any atom is -0.464 e. The van der Waals surface area contributed by atoms with Crippen LogP contribution in [0, 0.1) is 12.8 Å². The van der Waals surface area contributed by atoms with E-state index in [-0.39, 0.29) is 17.4 Å².